The topological polar surface area (TPSA) is 105 Å². The predicted octanol–water partition coefficient (Wildman–Crippen LogP) is 5.43. The van der Waals surface area contributed by atoms with Crippen molar-refractivity contribution in [2.45, 2.75) is 68.8 Å². The van der Waals surface area contributed by atoms with Crippen LogP contribution in [0.15, 0.2) is 12.3 Å². The van der Waals surface area contributed by atoms with Crippen LogP contribution in [0.1, 0.15) is 49.3 Å². The van der Waals surface area contributed by atoms with E-state index in [-0.39, 0.29) is 54.2 Å². The smallest absolute Gasteiger partial charge is 0.418 e. The van der Waals surface area contributed by atoms with Crippen LogP contribution in [0.2, 0.25) is 0 Å². The van der Waals surface area contributed by atoms with E-state index in [2.05, 4.69) is 25.3 Å². The van der Waals surface area contributed by atoms with Gasteiger partial charge < -0.3 is 20.7 Å². The van der Waals surface area contributed by atoms with Crippen LogP contribution in [0.3, 0.4) is 0 Å². The van der Waals surface area contributed by atoms with Gasteiger partial charge in [-0.25, -0.2) is 9.37 Å². The number of aromatic nitrogens is 4. The van der Waals surface area contributed by atoms with E-state index in [1.165, 1.54) is 0 Å². The first kappa shape index (κ1) is 31.8. The lowest BCUT2D eigenvalue weighted by Gasteiger charge is -2.35. The molecule has 244 valence electrons. The minimum Gasteiger partial charge on any atom is -0.461 e. The summed E-state index contributed by atoms with van der Waals surface area (Å²) < 4.78 is 94.2. The number of hydrogen-bond acceptors (Lipinski definition) is 9. The van der Waals surface area contributed by atoms with E-state index in [1.54, 1.807) is 0 Å². The second-order valence-corrected chi connectivity index (χ2v) is 12.5. The molecule has 0 amide bonds. The number of fused-ring (bicyclic) bond motifs is 2. The van der Waals surface area contributed by atoms with Gasteiger partial charge in [0.15, 0.2) is 0 Å². The molecule has 0 aliphatic carbocycles. The molecule has 3 aromatic rings. The summed E-state index contributed by atoms with van der Waals surface area (Å²) in [5, 5.41) is -0.807. The molecule has 16 heteroatoms. The van der Waals surface area contributed by atoms with Gasteiger partial charge in [0.1, 0.15) is 35.8 Å². The molecule has 0 bridgehead atoms. The SMILES string of the molecule is CCC1CN(c2nc(OCC34CCCN3C[C@H](F)C4)nc3c(C(F)(F)Cl)c(-c4nc(N)cc(C)c4C(F)(F)F)ncc23)CCN1. The fraction of sp³-hybridized carbons (Fsp3) is 0.586. The van der Waals surface area contributed by atoms with E-state index in [0.29, 0.717) is 32.6 Å². The molecule has 3 atom stereocenters. The highest BCUT2D eigenvalue weighted by Gasteiger charge is 2.49. The first-order valence-electron chi connectivity index (χ1n) is 14.8. The normalized spacial score (nSPS) is 24.4. The summed E-state index contributed by atoms with van der Waals surface area (Å²) >= 11 is 5.66. The molecule has 45 heavy (non-hydrogen) atoms. The summed E-state index contributed by atoms with van der Waals surface area (Å²) in [5.74, 6) is -0.0948. The summed E-state index contributed by atoms with van der Waals surface area (Å²) in [4.78, 5) is 20.7. The number of piperazine rings is 1. The molecule has 0 spiro atoms. The maximum atomic E-state index is 15.4. The summed E-state index contributed by atoms with van der Waals surface area (Å²) in [5.41, 5.74) is 0.383. The standard InChI is InChI=1S/C29H33ClF6N8O/c1-3-17-13-43(8-6-38-17)25-18-11-39-23(24-20(29(34,35)36)15(2)9-19(37)40-24)21(28(30,32)33)22(18)41-26(42-25)45-14-27-5-4-7-44(27)12-16(31)10-27/h9,11,16-17,38H,3-8,10,12-14H2,1-2H3,(H2,37,40)/t16-,17?,27?/m1/s1. The number of anilines is 2. The Balaban J connectivity index is 1.56. The number of hydrogen-bond donors (Lipinski definition) is 2. The van der Waals surface area contributed by atoms with Crippen molar-refractivity contribution in [2.75, 3.05) is 50.0 Å². The largest absolute Gasteiger partial charge is 0.461 e. The number of nitrogens with one attached hydrogen (secondary N) is 1. The molecule has 3 aromatic heterocycles. The third kappa shape index (κ3) is 5.94. The molecule has 9 nitrogen and oxygen atoms in total. The number of ether oxygens (including phenoxy) is 1. The second kappa shape index (κ2) is 11.6. The Morgan fingerprint density at radius 2 is 1.89 bits per heavy atom. The van der Waals surface area contributed by atoms with Crippen molar-refractivity contribution in [1.29, 1.82) is 0 Å². The number of aryl methyl sites for hydroxylation is 1. The van der Waals surface area contributed by atoms with Gasteiger partial charge in [-0.1, -0.05) is 6.92 Å². The number of nitrogens with zero attached hydrogens (tertiary/aromatic N) is 6. The van der Waals surface area contributed by atoms with Crippen molar-refractivity contribution in [3.05, 3.63) is 29.0 Å². The Labute approximate surface area is 260 Å². The predicted molar refractivity (Wildman–Crippen MR) is 157 cm³/mol. The Bertz CT molecular complexity index is 1600. The average Bonchev–Trinajstić information content (AvgIpc) is 3.48. The first-order valence-corrected chi connectivity index (χ1v) is 15.2. The quantitative estimate of drug-likeness (QED) is 0.254. The first-order chi connectivity index (χ1) is 21.2. The number of alkyl halides is 7. The van der Waals surface area contributed by atoms with E-state index in [4.69, 9.17) is 22.1 Å². The van der Waals surface area contributed by atoms with Crippen molar-refractivity contribution < 1.29 is 31.1 Å². The van der Waals surface area contributed by atoms with Gasteiger partial charge >= 0.3 is 17.6 Å². The number of nitrogens with two attached hydrogens (primary N) is 1. The highest BCUT2D eigenvalue weighted by atomic mass is 35.5. The number of halogens is 7. The van der Waals surface area contributed by atoms with Gasteiger partial charge in [-0.2, -0.15) is 31.9 Å². The summed E-state index contributed by atoms with van der Waals surface area (Å²) in [6.07, 6.45) is -2.28. The lowest BCUT2D eigenvalue weighted by molar-refractivity contribution is -0.137. The third-order valence-corrected chi connectivity index (χ3v) is 9.20. The Morgan fingerprint density at radius 1 is 1.11 bits per heavy atom. The number of rotatable bonds is 7. The molecular weight excluding hydrogens is 626 g/mol. The van der Waals surface area contributed by atoms with Crippen molar-refractivity contribution in [3.8, 4) is 17.4 Å². The fourth-order valence-electron chi connectivity index (χ4n) is 6.97. The molecule has 6 heterocycles. The van der Waals surface area contributed by atoms with Crippen LogP contribution in [0.4, 0.5) is 38.0 Å². The highest BCUT2D eigenvalue weighted by molar-refractivity contribution is 6.23. The van der Waals surface area contributed by atoms with Crippen LogP contribution < -0.4 is 20.7 Å². The zero-order chi connectivity index (χ0) is 32.3. The molecule has 0 saturated carbocycles. The molecule has 3 aliphatic heterocycles. The number of nitrogen functional groups attached to an aromatic ring is 1. The van der Waals surface area contributed by atoms with Crippen LogP contribution in [0, 0.1) is 6.92 Å². The lowest BCUT2D eigenvalue weighted by Crippen LogP contribution is -2.50. The van der Waals surface area contributed by atoms with Crippen LogP contribution in [0.5, 0.6) is 6.01 Å². The molecule has 0 aromatic carbocycles. The molecule has 2 unspecified atom stereocenters. The fourth-order valence-corrected chi connectivity index (χ4v) is 7.15. The van der Waals surface area contributed by atoms with Gasteiger partial charge in [-0.05, 0) is 56.0 Å². The summed E-state index contributed by atoms with van der Waals surface area (Å²) in [6.45, 7) is 5.63. The minimum absolute atomic E-state index is 0.0102. The molecular formula is C29H33ClF6N8O. The van der Waals surface area contributed by atoms with E-state index in [9.17, 15) is 17.6 Å². The van der Waals surface area contributed by atoms with Crippen molar-refractivity contribution in [1.82, 2.24) is 30.2 Å². The maximum absolute atomic E-state index is 15.4. The Hall–Kier alpha value is -3.17. The van der Waals surface area contributed by atoms with Gasteiger partial charge in [-0.15, -0.1) is 0 Å². The molecule has 3 saturated heterocycles. The van der Waals surface area contributed by atoms with Crippen LogP contribution in [-0.4, -0.2) is 81.9 Å². The van der Waals surface area contributed by atoms with Crippen LogP contribution in [0.25, 0.3) is 22.3 Å². The van der Waals surface area contributed by atoms with Gasteiger partial charge in [0.05, 0.1) is 27.6 Å². The van der Waals surface area contributed by atoms with Gasteiger partial charge in [-0.3, -0.25) is 9.88 Å². The highest BCUT2D eigenvalue weighted by Crippen LogP contribution is 2.47. The minimum atomic E-state index is -4.97. The summed E-state index contributed by atoms with van der Waals surface area (Å²) in [7, 11) is 0. The van der Waals surface area contributed by atoms with E-state index < -0.39 is 51.3 Å². The molecule has 6 rings (SSSR count). The van der Waals surface area contributed by atoms with Crippen LogP contribution in [-0.2, 0) is 11.6 Å². The Morgan fingerprint density at radius 3 is 2.60 bits per heavy atom. The number of pyridine rings is 2. The van der Waals surface area contributed by atoms with Crippen molar-refractivity contribution in [3.63, 3.8) is 0 Å². The monoisotopic (exact) mass is 658 g/mol. The second-order valence-electron chi connectivity index (χ2n) is 12.0. The zero-order valence-electron chi connectivity index (χ0n) is 24.7. The molecule has 3 fully saturated rings. The lowest BCUT2D eigenvalue weighted by atomic mass is 9.95. The molecule has 3 N–H and O–H groups in total. The van der Waals surface area contributed by atoms with Crippen molar-refractivity contribution in [2.24, 2.45) is 0 Å². The van der Waals surface area contributed by atoms with Gasteiger partial charge in [0.2, 0.25) is 0 Å². The Kier molecular flexibility index (Phi) is 8.17. The van der Waals surface area contributed by atoms with Crippen LogP contribution >= 0.6 is 11.6 Å². The van der Waals surface area contributed by atoms with E-state index >= 15 is 8.78 Å². The van der Waals surface area contributed by atoms with Crippen molar-refractivity contribution >= 4 is 34.1 Å². The van der Waals surface area contributed by atoms with Gasteiger partial charge in [0.25, 0.3) is 0 Å². The van der Waals surface area contributed by atoms with Gasteiger partial charge in [0, 0.05) is 44.8 Å². The molecule has 0 radical (unpaired) electrons. The maximum Gasteiger partial charge on any atom is 0.418 e. The van der Waals surface area contributed by atoms with E-state index in [0.717, 1.165) is 32.0 Å². The average molecular weight is 659 g/mol. The molecule has 3 aliphatic rings. The zero-order valence-corrected chi connectivity index (χ0v) is 25.5. The summed E-state index contributed by atoms with van der Waals surface area (Å²) in [6, 6.07) is 0.789. The third-order valence-electron chi connectivity index (χ3n) is 9.01. The van der Waals surface area contributed by atoms with E-state index in [1.807, 2.05) is 16.7 Å².